The molecule has 3 rings (SSSR count). The SMILES string of the molecule is N#C/C(=C\c1c(OC(F)F)ccc2ccccc12)C(=O)NC[C@@H]1CCCO1. The number of halogens is 2. The molecule has 1 saturated heterocycles. The summed E-state index contributed by atoms with van der Waals surface area (Å²) in [5.41, 5.74) is 0.0701. The van der Waals surface area contributed by atoms with Crippen molar-refractivity contribution in [2.24, 2.45) is 0 Å². The average Bonchev–Trinajstić information content (AvgIpc) is 3.18. The lowest BCUT2D eigenvalue weighted by Gasteiger charge is -2.13. The van der Waals surface area contributed by atoms with Crippen LogP contribution in [0.2, 0.25) is 0 Å². The molecule has 7 heteroatoms. The summed E-state index contributed by atoms with van der Waals surface area (Å²) in [5, 5.41) is 13.4. The summed E-state index contributed by atoms with van der Waals surface area (Å²) >= 11 is 0. The van der Waals surface area contributed by atoms with Crippen molar-refractivity contribution in [2.45, 2.75) is 25.6 Å². The van der Waals surface area contributed by atoms with Gasteiger partial charge in [-0.1, -0.05) is 30.3 Å². The predicted molar refractivity (Wildman–Crippen MR) is 96.2 cm³/mol. The van der Waals surface area contributed by atoms with Gasteiger partial charge in [-0.25, -0.2) is 0 Å². The van der Waals surface area contributed by atoms with E-state index in [1.54, 1.807) is 18.2 Å². The molecule has 0 radical (unpaired) electrons. The largest absolute Gasteiger partial charge is 0.434 e. The summed E-state index contributed by atoms with van der Waals surface area (Å²) < 4.78 is 35.6. The molecule has 1 fully saturated rings. The van der Waals surface area contributed by atoms with Crippen molar-refractivity contribution in [3.05, 3.63) is 47.5 Å². The molecular formula is C20H18F2N2O3. The number of nitriles is 1. The monoisotopic (exact) mass is 372 g/mol. The second kappa shape index (κ2) is 8.60. The Kier molecular flexibility index (Phi) is 5.99. The number of carbonyl (C=O) groups is 1. The maximum atomic E-state index is 12.8. The van der Waals surface area contributed by atoms with Gasteiger partial charge in [0.2, 0.25) is 0 Å². The minimum atomic E-state index is -3.02. The van der Waals surface area contributed by atoms with Crippen LogP contribution in [0.3, 0.4) is 0 Å². The van der Waals surface area contributed by atoms with Gasteiger partial charge >= 0.3 is 6.61 Å². The van der Waals surface area contributed by atoms with Gasteiger partial charge in [-0.15, -0.1) is 0 Å². The van der Waals surface area contributed by atoms with E-state index in [-0.39, 0.29) is 23.0 Å². The molecule has 140 valence electrons. The molecule has 0 saturated carbocycles. The molecule has 1 aliphatic rings. The van der Waals surface area contributed by atoms with Gasteiger partial charge in [0, 0.05) is 18.7 Å². The van der Waals surface area contributed by atoms with Gasteiger partial charge in [0.25, 0.3) is 5.91 Å². The van der Waals surface area contributed by atoms with Crippen molar-refractivity contribution in [2.75, 3.05) is 13.2 Å². The number of ether oxygens (including phenoxy) is 2. The smallest absolute Gasteiger partial charge is 0.387 e. The number of fused-ring (bicyclic) bond motifs is 1. The van der Waals surface area contributed by atoms with Crippen LogP contribution in [0.15, 0.2) is 42.0 Å². The Morgan fingerprint density at radius 2 is 2.19 bits per heavy atom. The van der Waals surface area contributed by atoms with Crippen LogP contribution in [0.5, 0.6) is 5.75 Å². The van der Waals surface area contributed by atoms with E-state index in [4.69, 9.17) is 4.74 Å². The fraction of sp³-hybridized carbons (Fsp3) is 0.300. The number of nitrogens with one attached hydrogen (secondary N) is 1. The molecule has 0 aliphatic carbocycles. The molecular weight excluding hydrogens is 354 g/mol. The van der Waals surface area contributed by atoms with Crippen molar-refractivity contribution >= 4 is 22.8 Å². The molecule has 27 heavy (non-hydrogen) atoms. The zero-order valence-corrected chi connectivity index (χ0v) is 14.5. The summed E-state index contributed by atoms with van der Waals surface area (Å²) in [5.74, 6) is -0.674. The first-order chi connectivity index (χ1) is 13.1. The van der Waals surface area contributed by atoms with E-state index in [1.807, 2.05) is 18.2 Å². The highest BCUT2D eigenvalue weighted by molar-refractivity contribution is 6.05. The highest BCUT2D eigenvalue weighted by Gasteiger charge is 2.19. The van der Waals surface area contributed by atoms with Gasteiger partial charge in [-0.2, -0.15) is 14.0 Å². The van der Waals surface area contributed by atoms with E-state index in [0.717, 1.165) is 18.2 Å². The van der Waals surface area contributed by atoms with Crippen LogP contribution >= 0.6 is 0 Å². The van der Waals surface area contributed by atoms with Crippen LogP contribution in [0.25, 0.3) is 16.8 Å². The van der Waals surface area contributed by atoms with Crippen molar-refractivity contribution < 1.29 is 23.0 Å². The highest BCUT2D eigenvalue weighted by atomic mass is 19.3. The molecule has 0 spiro atoms. The van der Waals surface area contributed by atoms with Crippen molar-refractivity contribution in [3.63, 3.8) is 0 Å². The Balaban J connectivity index is 1.93. The lowest BCUT2D eigenvalue weighted by atomic mass is 10.0. The Morgan fingerprint density at radius 3 is 2.89 bits per heavy atom. The molecule has 5 nitrogen and oxygen atoms in total. The first-order valence-electron chi connectivity index (χ1n) is 8.56. The van der Waals surface area contributed by atoms with Crippen LogP contribution in [0.4, 0.5) is 8.78 Å². The number of hydrogen-bond acceptors (Lipinski definition) is 4. The van der Waals surface area contributed by atoms with Crippen LogP contribution in [-0.2, 0) is 9.53 Å². The number of rotatable bonds is 6. The van der Waals surface area contributed by atoms with E-state index in [2.05, 4.69) is 10.1 Å². The third kappa shape index (κ3) is 4.60. The van der Waals surface area contributed by atoms with Crippen LogP contribution < -0.4 is 10.1 Å². The molecule has 1 heterocycles. The third-order valence-electron chi connectivity index (χ3n) is 4.31. The summed E-state index contributed by atoms with van der Waals surface area (Å²) in [6.45, 7) is -2.06. The maximum Gasteiger partial charge on any atom is 0.387 e. The molecule has 1 N–H and O–H groups in total. The van der Waals surface area contributed by atoms with Crippen molar-refractivity contribution in [3.8, 4) is 11.8 Å². The lowest BCUT2D eigenvalue weighted by molar-refractivity contribution is -0.117. The van der Waals surface area contributed by atoms with Crippen molar-refractivity contribution in [1.29, 1.82) is 5.26 Å². The standard InChI is InChI=1S/C20H18F2N2O3/c21-20(22)27-18-8-7-13-4-1-2-6-16(13)17(18)10-14(11-23)19(25)24-12-15-5-3-9-26-15/h1-2,4,6-8,10,15,20H,3,5,9,12H2,(H,24,25)/b14-10+/t15-/m0/s1. The second-order valence-electron chi connectivity index (χ2n) is 6.09. The maximum absolute atomic E-state index is 12.8. The molecule has 2 aromatic carbocycles. The van der Waals surface area contributed by atoms with Crippen LogP contribution in [-0.4, -0.2) is 31.8 Å². The zero-order valence-electron chi connectivity index (χ0n) is 14.5. The number of hydrogen-bond donors (Lipinski definition) is 1. The molecule has 0 unspecified atom stereocenters. The number of amides is 1. The van der Waals surface area contributed by atoms with Gasteiger partial charge in [0.15, 0.2) is 0 Å². The van der Waals surface area contributed by atoms with E-state index >= 15 is 0 Å². The average molecular weight is 372 g/mol. The fourth-order valence-corrected chi connectivity index (χ4v) is 3.02. The Morgan fingerprint density at radius 1 is 1.37 bits per heavy atom. The van der Waals surface area contributed by atoms with Crippen molar-refractivity contribution in [1.82, 2.24) is 5.32 Å². The summed E-state index contributed by atoms with van der Waals surface area (Å²) in [6, 6.07) is 12.0. The summed E-state index contributed by atoms with van der Waals surface area (Å²) in [4.78, 5) is 12.4. The normalized spacial score (nSPS) is 17.1. The number of carbonyl (C=O) groups excluding carboxylic acids is 1. The van der Waals surface area contributed by atoms with E-state index < -0.39 is 12.5 Å². The first kappa shape index (κ1) is 18.8. The molecule has 1 aliphatic heterocycles. The number of alkyl halides is 2. The Hall–Kier alpha value is -2.98. The minimum Gasteiger partial charge on any atom is -0.434 e. The molecule has 0 aromatic heterocycles. The lowest BCUT2D eigenvalue weighted by Crippen LogP contribution is -2.32. The predicted octanol–water partition coefficient (Wildman–Crippen LogP) is 3.64. The fourth-order valence-electron chi connectivity index (χ4n) is 3.02. The van der Waals surface area contributed by atoms with E-state index in [1.165, 1.54) is 12.1 Å². The topological polar surface area (TPSA) is 71.3 Å². The van der Waals surface area contributed by atoms with Gasteiger partial charge in [0.05, 0.1) is 6.10 Å². The minimum absolute atomic E-state index is 0.0656. The Bertz CT molecular complexity index is 900. The number of nitrogens with zero attached hydrogens (tertiary/aromatic N) is 1. The highest BCUT2D eigenvalue weighted by Crippen LogP contribution is 2.31. The van der Waals surface area contributed by atoms with Gasteiger partial charge < -0.3 is 14.8 Å². The summed E-state index contributed by atoms with van der Waals surface area (Å²) in [6.07, 6.45) is 3.00. The molecule has 1 atom stereocenters. The molecule has 1 amide bonds. The van der Waals surface area contributed by atoms with E-state index in [0.29, 0.717) is 18.5 Å². The first-order valence-corrected chi connectivity index (χ1v) is 8.56. The Labute approximate surface area is 155 Å². The van der Waals surface area contributed by atoms with Crippen LogP contribution in [0, 0.1) is 11.3 Å². The molecule has 2 aromatic rings. The van der Waals surface area contributed by atoms with Gasteiger partial charge in [-0.3, -0.25) is 4.79 Å². The molecule has 0 bridgehead atoms. The zero-order chi connectivity index (χ0) is 19.2. The second-order valence-corrected chi connectivity index (χ2v) is 6.09. The number of benzene rings is 2. The van der Waals surface area contributed by atoms with E-state index in [9.17, 15) is 18.8 Å². The van der Waals surface area contributed by atoms with Gasteiger partial charge in [0.1, 0.15) is 17.4 Å². The third-order valence-corrected chi connectivity index (χ3v) is 4.31. The quantitative estimate of drug-likeness (QED) is 0.621. The van der Waals surface area contributed by atoms with Crippen LogP contribution in [0.1, 0.15) is 18.4 Å². The van der Waals surface area contributed by atoms with Gasteiger partial charge in [-0.05, 0) is 35.8 Å². The summed E-state index contributed by atoms with van der Waals surface area (Å²) in [7, 11) is 0.